The molecule has 0 amide bonds. The molecule has 0 spiro atoms. The van der Waals surface area contributed by atoms with Gasteiger partial charge in [0.1, 0.15) is 0 Å². The third-order valence-electron chi connectivity index (χ3n) is 9.52. The molecule has 0 heterocycles. The molecule has 4 aliphatic rings. The number of fused-ring (bicyclic) bond motifs is 5. The Hall–Kier alpha value is -1.99. The maximum atomic E-state index is 13.6. The third-order valence-corrected chi connectivity index (χ3v) is 10.4. The van der Waals surface area contributed by atoms with Crippen molar-refractivity contribution in [3.8, 4) is 0 Å². The van der Waals surface area contributed by atoms with Crippen molar-refractivity contribution < 1.29 is 33.8 Å². The summed E-state index contributed by atoms with van der Waals surface area (Å²) in [6.07, 6.45) is 5.69. The van der Waals surface area contributed by atoms with Gasteiger partial charge in [0, 0.05) is 24.2 Å². The van der Waals surface area contributed by atoms with Gasteiger partial charge in [0.25, 0.3) is 0 Å². The Bertz CT molecular complexity index is 1030. The molecular weight excluding hydrogens is 472 g/mol. The summed E-state index contributed by atoms with van der Waals surface area (Å²) in [5.41, 5.74) is -2.23. The van der Waals surface area contributed by atoms with E-state index in [1.807, 2.05) is 19.9 Å². The van der Waals surface area contributed by atoms with Crippen LogP contribution in [0.15, 0.2) is 23.8 Å². The highest BCUT2D eigenvalue weighted by Gasteiger charge is 2.75. The molecule has 8 atom stereocenters. The van der Waals surface area contributed by atoms with E-state index in [0.29, 0.717) is 12.8 Å². The molecule has 1 N–H and O–H groups in total. The molecular formula is C27H35ClO7. The lowest BCUT2D eigenvalue weighted by atomic mass is 9.44. The number of aliphatic hydroxyl groups is 1. The van der Waals surface area contributed by atoms with Crippen LogP contribution in [0.4, 0.5) is 0 Å². The molecule has 0 aliphatic heterocycles. The minimum atomic E-state index is -1.52. The molecule has 4 rings (SSSR count). The van der Waals surface area contributed by atoms with Crippen molar-refractivity contribution >= 4 is 35.1 Å². The Balaban J connectivity index is 1.81. The molecule has 0 bridgehead atoms. The number of esters is 2. The van der Waals surface area contributed by atoms with Crippen molar-refractivity contribution in [3.05, 3.63) is 23.8 Å². The third kappa shape index (κ3) is 3.48. The van der Waals surface area contributed by atoms with Crippen LogP contribution in [0.2, 0.25) is 0 Å². The van der Waals surface area contributed by atoms with E-state index in [1.165, 1.54) is 13.0 Å². The minimum absolute atomic E-state index is 0.0465. The fourth-order valence-corrected chi connectivity index (χ4v) is 8.31. The predicted octanol–water partition coefficient (Wildman–Crippen LogP) is 3.70. The van der Waals surface area contributed by atoms with Gasteiger partial charge in [0.2, 0.25) is 5.78 Å². The molecule has 0 aromatic heterocycles. The summed E-state index contributed by atoms with van der Waals surface area (Å²) in [4.78, 5) is 48.7. The fourth-order valence-electron chi connectivity index (χ4n) is 7.82. The molecule has 0 aromatic rings. The van der Waals surface area contributed by atoms with Crippen LogP contribution in [0, 0.1) is 28.6 Å². The number of allylic oxidation sites excluding steroid dienone is 4. The van der Waals surface area contributed by atoms with E-state index in [4.69, 9.17) is 21.1 Å². The molecule has 3 saturated carbocycles. The SMILES string of the molecule is CCC(=O)O[C@]1(C(=O)COC(C)=O)CC[C@H]2[C@@H]3CC(C)C4=CC(=O)C=C[C@]4(C)[C@@]3(Cl)C(O)C[C@@]21C. The number of rotatable bonds is 5. The van der Waals surface area contributed by atoms with Gasteiger partial charge >= 0.3 is 11.9 Å². The molecule has 0 saturated heterocycles. The zero-order valence-corrected chi connectivity index (χ0v) is 21.8. The van der Waals surface area contributed by atoms with Gasteiger partial charge in [0.05, 0.1) is 11.0 Å². The average molecular weight is 507 g/mol. The predicted molar refractivity (Wildman–Crippen MR) is 128 cm³/mol. The van der Waals surface area contributed by atoms with E-state index in [-0.39, 0.29) is 42.8 Å². The quantitative estimate of drug-likeness (QED) is 0.447. The van der Waals surface area contributed by atoms with Crippen molar-refractivity contribution in [1.29, 1.82) is 0 Å². The van der Waals surface area contributed by atoms with Crippen LogP contribution in [-0.4, -0.2) is 51.8 Å². The molecule has 7 nitrogen and oxygen atoms in total. The summed E-state index contributed by atoms with van der Waals surface area (Å²) in [6, 6.07) is 0. The number of ketones is 2. The first-order chi connectivity index (χ1) is 16.3. The lowest BCUT2D eigenvalue weighted by Gasteiger charge is -2.65. The summed E-state index contributed by atoms with van der Waals surface area (Å²) in [5, 5.41) is 11.7. The number of hydrogen-bond acceptors (Lipinski definition) is 7. The second kappa shape index (κ2) is 8.55. The lowest BCUT2D eigenvalue weighted by molar-refractivity contribution is -0.199. The highest BCUT2D eigenvalue weighted by atomic mass is 35.5. The number of carbonyl (C=O) groups is 4. The lowest BCUT2D eigenvalue weighted by Crippen LogP contribution is -2.70. The summed E-state index contributed by atoms with van der Waals surface area (Å²) in [7, 11) is 0. The number of aliphatic hydroxyl groups excluding tert-OH is 1. The second-order valence-corrected chi connectivity index (χ2v) is 11.8. The number of halogens is 1. The van der Waals surface area contributed by atoms with Crippen molar-refractivity contribution in [2.24, 2.45) is 28.6 Å². The number of alkyl halides is 1. The minimum Gasteiger partial charge on any atom is -0.458 e. The van der Waals surface area contributed by atoms with Gasteiger partial charge in [-0.15, -0.1) is 11.6 Å². The Morgan fingerprint density at radius 1 is 1.23 bits per heavy atom. The topological polar surface area (TPSA) is 107 Å². The van der Waals surface area contributed by atoms with Crippen LogP contribution >= 0.6 is 11.6 Å². The van der Waals surface area contributed by atoms with E-state index >= 15 is 0 Å². The second-order valence-electron chi connectivity index (χ2n) is 11.2. The largest absolute Gasteiger partial charge is 0.458 e. The molecule has 0 radical (unpaired) electrons. The Labute approximate surface area is 211 Å². The van der Waals surface area contributed by atoms with Crippen LogP contribution in [0.3, 0.4) is 0 Å². The van der Waals surface area contributed by atoms with E-state index in [0.717, 1.165) is 5.57 Å². The standard InChI is InChI=1S/C27H35ClO7/c1-6-23(33)35-26(22(32)14-34-16(3)29)10-8-18-20-11-15(2)19-12-17(30)7-9-24(19,4)27(20,28)21(31)13-25(18,26)5/h7,9,12,15,18,20-21,31H,6,8,10-11,13-14H2,1-5H3/t15?,18-,20-,21?,24-,25-,26-,27-/m0/s1. The van der Waals surface area contributed by atoms with Gasteiger partial charge < -0.3 is 14.6 Å². The van der Waals surface area contributed by atoms with Crippen molar-refractivity contribution in [1.82, 2.24) is 0 Å². The van der Waals surface area contributed by atoms with Crippen molar-refractivity contribution in [3.63, 3.8) is 0 Å². The van der Waals surface area contributed by atoms with Crippen LogP contribution in [0.1, 0.15) is 66.7 Å². The van der Waals surface area contributed by atoms with E-state index < -0.39 is 51.7 Å². The van der Waals surface area contributed by atoms with Gasteiger partial charge in [0.15, 0.2) is 18.0 Å². The summed E-state index contributed by atoms with van der Waals surface area (Å²) in [5.74, 6) is -1.93. The average Bonchev–Trinajstić information content (AvgIpc) is 3.08. The smallest absolute Gasteiger partial charge is 0.306 e. The molecule has 2 unspecified atom stereocenters. The van der Waals surface area contributed by atoms with Gasteiger partial charge in [-0.2, -0.15) is 0 Å². The Morgan fingerprint density at radius 2 is 1.91 bits per heavy atom. The normalized spacial score (nSPS) is 44.0. The number of Topliss-reactive ketones (excluding diaryl/α,β-unsaturated/α-hetero) is 1. The summed E-state index contributed by atoms with van der Waals surface area (Å²) in [6.45, 7) is 8.34. The highest BCUT2D eigenvalue weighted by molar-refractivity contribution is 6.26. The van der Waals surface area contributed by atoms with E-state index in [1.54, 1.807) is 13.0 Å². The first-order valence-electron chi connectivity index (χ1n) is 12.5. The zero-order chi connectivity index (χ0) is 26.0. The molecule has 192 valence electrons. The molecule has 35 heavy (non-hydrogen) atoms. The maximum absolute atomic E-state index is 13.6. The van der Waals surface area contributed by atoms with Gasteiger partial charge in [-0.05, 0) is 55.6 Å². The summed E-state index contributed by atoms with van der Waals surface area (Å²) < 4.78 is 11.0. The monoisotopic (exact) mass is 506 g/mol. The fraction of sp³-hybridized carbons (Fsp3) is 0.704. The Morgan fingerprint density at radius 3 is 2.54 bits per heavy atom. The van der Waals surface area contributed by atoms with Crippen LogP contribution < -0.4 is 0 Å². The first-order valence-corrected chi connectivity index (χ1v) is 12.9. The molecule has 4 aliphatic carbocycles. The maximum Gasteiger partial charge on any atom is 0.306 e. The van der Waals surface area contributed by atoms with Crippen molar-refractivity contribution in [2.45, 2.75) is 83.3 Å². The highest BCUT2D eigenvalue weighted by Crippen LogP contribution is 2.71. The van der Waals surface area contributed by atoms with E-state index in [2.05, 4.69) is 6.92 Å². The van der Waals surface area contributed by atoms with Crippen LogP contribution in [-0.2, 0) is 28.7 Å². The van der Waals surface area contributed by atoms with E-state index in [9.17, 15) is 24.3 Å². The first kappa shape index (κ1) is 26.1. The molecule has 0 aromatic carbocycles. The number of carbonyl (C=O) groups excluding carboxylic acids is 4. The van der Waals surface area contributed by atoms with Gasteiger partial charge in [-0.25, -0.2) is 0 Å². The Kier molecular flexibility index (Phi) is 6.37. The summed E-state index contributed by atoms with van der Waals surface area (Å²) >= 11 is 7.48. The van der Waals surface area contributed by atoms with Gasteiger partial charge in [-0.1, -0.05) is 39.3 Å². The van der Waals surface area contributed by atoms with Crippen LogP contribution in [0.5, 0.6) is 0 Å². The molecule has 3 fully saturated rings. The number of ether oxygens (including phenoxy) is 2. The molecule has 8 heteroatoms. The van der Waals surface area contributed by atoms with Crippen LogP contribution in [0.25, 0.3) is 0 Å². The van der Waals surface area contributed by atoms with Crippen molar-refractivity contribution in [2.75, 3.05) is 6.61 Å². The zero-order valence-electron chi connectivity index (χ0n) is 21.1. The van der Waals surface area contributed by atoms with Gasteiger partial charge in [-0.3, -0.25) is 19.2 Å². The number of hydrogen-bond donors (Lipinski definition) is 1.